The summed E-state index contributed by atoms with van der Waals surface area (Å²) in [6, 6.07) is 0. The van der Waals surface area contributed by atoms with Gasteiger partial charge in [-0.05, 0) is 6.92 Å². The van der Waals surface area contributed by atoms with Crippen molar-refractivity contribution in [2.75, 3.05) is 0 Å². The lowest BCUT2D eigenvalue weighted by atomic mass is 10.2. The van der Waals surface area contributed by atoms with Gasteiger partial charge in [0, 0.05) is 17.5 Å². The van der Waals surface area contributed by atoms with Crippen LogP contribution in [0, 0.1) is 6.92 Å². The molecule has 0 aliphatic rings. The van der Waals surface area contributed by atoms with Crippen molar-refractivity contribution in [3.63, 3.8) is 0 Å². The van der Waals surface area contributed by atoms with Crippen LogP contribution in [0.4, 0.5) is 0 Å². The molecule has 12 heavy (non-hydrogen) atoms. The Hall–Kier alpha value is -1.09. The second-order valence-corrected chi connectivity index (χ2v) is 2.72. The summed E-state index contributed by atoms with van der Waals surface area (Å²) in [6.45, 7) is 7.08. The molecule has 0 spiro atoms. The number of allylic oxidation sites excluding steroid dienone is 3. The van der Waals surface area contributed by atoms with Gasteiger partial charge in [-0.3, -0.25) is 0 Å². The molecule has 64 valence electrons. The molecule has 1 rings (SSSR count). The zero-order valence-corrected chi connectivity index (χ0v) is 7.72. The highest BCUT2D eigenvalue weighted by Crippen LogP contribution is 2.18. The molecule has 0 radical (unpaired) electrons. The lowest BCUT2D eigenvalue weighted by Crippen LogP contribution is -1.84. The third-order valence-electron chi connectivity index (χ3n) is 1.40. The van der Waals surface area contributed by atoms with Gasteiger partial charge in [-0.2, -0.15) is 4.98 Å². The fourth-order valence-electron chi connectivity index (χ4n) is 0.711. The molecule has 3 nitrogen and oxygen atoms in total. The Labute approximate surface area is 75.7 Å². The van der Waals surface area contributed by atoms with Crippen LogP contribution < -0.4 is 0 Å². The molecular formula is C8H9ClN2O. The van der Waals surface area contributed by atoms with E-state index in [1.807, 2.05) is 6.92 Å². The van der Waals surface area contributed by atoms with Crippen molar-refractivity contribution in [2.45, 2.75) is 13.8 Å². The summed E-state index contributed by atoms with van der Waals surface area (Å²) in [5, 5.41) is 4.25. The van der Waals surface area contributed by atoms with E-state index in [1.165, 1.54) is 0 Å². The van der Waals surface area contributed by atoms with Crippen molar-refractivity contribution >= 4 is 17.2 Å². The smallest absolute Gasteiger partial charge is 0.223 e. The van der Waals surface area contributed by atoms with Crippen LogP contribution >= 0.6 is 11.6 Å². The zero-order chi connectivity index (χ0) is 9.14. The van der Waals surface area contributed by atoms with Crippen LogP contribution in [0.15, 0.2) is 22.2 Å². The lowest BCUT2D eigenvalue weighted by molar-refractivity contribution is 0.391. The summed E-state index contributed by atoms with van der Waals surface area (Å²) in [6.07, 6.45) is 1.54. The van der Waals surface area contributed by atoms with Crippen molar-refractivity contribution in [3.8, 4) is 0 Å². The maximum absolute atomic E-state index is 5.80. The molecule has 0 bridgehead atoms. The van der Waals surface area contributed by atoms with Crippen molar-refractivity contribution in [3.05, 3.63) is 29.4 Å². The van der Waals surface area contributed by atoms with E-state index in [2.05, 4.69) is 16.7 Å². The van der Waals surface area contributed by atoms with E-state index in [0.29, 0.717) is 16.7 Å². The molecule has 0 aromatic carbocycles. The van der Waals surface area contributed by atoms with Crippen LogP contribution in [-0.4, -0.2) is 10.1 Å². The minimum atomic E-state index is 0.511. The normalized spacial score (nSPS) is 12.6. The maximum atomic E-state index is 5.80. The van der Waals surface area contributed by atoms with E-state index in [-0.39, 0.29) is 0 Å². The Morgan fingerprint density at radius 1 is 1.67 bits per heavy atom. The molecule has 1 heterocycles. The van der Waals surface area contributed by atoms with E-state index in [1.54, 1.807) is 13.0 Å². The van der Waals surface area contributed by atoms with Crippen LogP contribution in [0.5, 0.6) is 0 Å². The minimum Gasteiger partial charge on any atom is -0.339 e. The monoisotopic (exact) mass is 184 g/mol. The third-order valence-corrected chi connectivity index (χ3v) is 1.84. The van der Waals surface area contributed by atoms with E-state index < -0.39 is 0 Å². The topological polar surface area (TPSA) is 38.9 Å². The predicted molar refractivity (Wildman–Crippen MR) is 47.7 cm³/mol. The second kappa shape index (κ2) is 3.54. The van der Waals surface area contributed by atoms with Gasteiger partial charge in [0.1, 0.15) is 0 Å². The highest BCUT2D eigenvalue weighted by atomic mass is 35.5. The van der Waals surface area contributed by atoms with Crippen molar-refractivity contribution in [1.29, 1.82) is 0 Å². The average molecular weight is 185 g/mol. The van der Waals surface area contributed by atoms with E-state index in [0.717, 1.165) is 5.57 Å². The first-order chi connectivity index (χ1) is 5.65. The molecule has 4 heteroatoms. The van der Waals surface area contributed by atoms with Gasteiger partial charge in [0.15, 0.2) is 5.82 Å². The Morgan fingerprint density at radius 2 is 2.33 bits per heavy atom. The number of hydrogen-bond acceptors (Lipinski definition) is 3. The van der Waals surface area contributed by atoms with Gasteiger partial charge >= 0.3 is 0 Å². The number of halogens is 1. The Kier molecular flexibility index (Phi) is 2.65. The molecule has 0 saturated heterocycles. The minimum absolute atomic E-state index is 0.511. The molecule has 0 N–H and O–H groups in total. The van der Waals surface area contributed by atoms with Crippen LogP contribution in [0.2, 0.25) is 0 Å². The Balaban J connectivity index is 3.07. The van der Waals surface area contributed by atoms with Gasteiger partial charge in [0.25, 0.3) is 0 Å². The second-order valence-electron chi connectivity index (χ2n) is 2.31. The maximum Gasteiger partial charge on any atom is 0.223 e. The van der Waals surface area contributed by atoms with Crippen LogP contribution in [0.25, 0.3) is 5.57 Å². The number of aryl methyl sites for hydroxylation is 1. The highest BCUT2D eigenvalue weighted by Gasteiger charge is 2.06. The summed E-state index contributed by atoms with van der Waals surface area (Å²) in [5.74, 6) is 1.04. The fraction of sp³-hybridized carbons (Fsp3) is 0.250. The van der Waals surface area contributed by atoms with Crippen molar-refractivity contribution in [1.82, 2.24) is 10.1 Å². The van der Waals surface area contributed by atoms with Gasteiger partial charge in [0.2, 0.25) is 5.89 Å². The first-order valence-electron chi connectivity index (χ1n) is 3.44. The van der Waals surface area contributed by atoms with E-state index >= 15 is 0 Å². The molecule has 0 aliphatic heterocycles. The Morgan fingerprint density at radius 3 is 2.75 bits per heavy atom. The quantitative estimate of drug-likeness (QED) is 0.663. The molecule has 0 unspecified atom stereocenters. The van der Waals surface area contributed by atoms with Crippen LogP contribution in [-0.2, 0) is 0 Å². The highest BCUT2D eigenvalue weighted by molar-refractivity contribution is 6.34. The van der Waals surface area contributed by atoms with E-state index in [9.17, 15) is 0 Å². The van der Waals surface area contributed by atoms with Crippen molar-refractivity contribution < 1.29 is 4.52 Å². The van der Waals surface area contributed by atoms with Gasteiger partial charge < -0.3 is 4.52 Å². The fourth-order valence-corrected chi connectivity index (χ4v) is 0.796. The van der Waals surface area contributed by atoms with Crippen LogP contribution in [0.3, 0.4) is 0 Å². The van der Waals surface area contributed by atoms with Crippen molar-refractivity contribution in [2.24, 2.45) is 0 Å². The first kappa shape index (κ1) is 9.00. The molecule has 1 aromatic rings. The lowest BCUT2D eigenvalue weighted by Gasteiger charge is -1.93. The third kappa shape index (κ3) is 1.74. The molecule has 0 amide bonds. The number of aromatic nitrogens is 2. The van der Waals surface area contributed by atoms with Gasteiger partial charge in [-0.25, -0.2) is 0 Å². The van der Waals surface area contributed by atoms with Crippen LogP contribution in [0.1, 0.15) is 18.6 Å². The average Bonchev–Trinajstić information content (AvgIpc) is 2.49. The molecule has 0 aliphatic carbocycles. The van der Waals surface area contributed by atoms with E-state index in [4.69, 9.17) is 16.1 Å². The summed E-state index contributed by atoms with van der Waals surface area (Å²) in [7, 11) is 0. The summed E-state index contributed by atoms with van der Waals surface area (Å²) >= 11 is 5.80. The summed E-state index contributed by atoms with van der Waals surface area (Å²) in [5.41, 5.74) is 0.767. The largest absolute Gasteiger partial charge is 0.339 e. The summed E-state index contributed by atoms with van der Waals surface area (Å²) < 4.78 is 4.79. The first-order valence-corrected chi connectivity index (χ1v) is 3.82. The molecule has 1 aromatic heterocycles. The summed E-state index contributed by atoms with van der Waals surface area (Å²) in [4.78, 5) is 4.01. The van der Waals surface area contributed by atoms with Gasteiger partial charge in [-0.1, -0.05) is 29.4 Å². The van der Waals surface area contributed by atoms with Gasteiger partial charge in [-0.15, -0.1) is 0 Å². The number of hydrogen-bond donors (Lipinski definition) is 0. The molecular weight excluding hydrogens is 176 g/mol. The van der Waals surface area contributed by atoms with Gasteiger partial charge in [0.05, 0.1) is 0 Å². The Bertz CT molecular complexity index is 328. The SMILES string of the molecule is C=CC(Cl)=C(C)c1noc(C)n1. The number of rotatable bonds is 2. The predicted octanol–water partition coefficient (Wildman–Crippen LogP) is 2.53. The molecule has 0 saturated carbocycles. The molecule has 0 fully saturated rings. The standard InChI is InChI=1S/C8H9ClN2O/c1-4-7(9)5(2)8-10-6(3)12-11-8/h4H,1H2,2-3H3. The molecule has 0 atom stereocenters. The zero-order valence-electron chi connectivity index (χ0n) is 6.97. The number of nitrogens with zero attached hydrogens (tertiary/aromatic N) is 2.